The molecule has 28 heavy (non-hydrogen) atoms. The van der Waals surface area contributed by atoms with Gasteiger partial charge >= 0.3 is 0 Å². The van der Waals surface area contributed by atoms with Crippen LogP contribution in [0.5, 0.6) is 0 Å². The maximum atomic E-state index is 12.3. The Morgan fingerprint density at radius 1 is 0.893 bits per heavy atom. The normalized spacial score (nSPS) is 14.3. The Hall–Kier alpha value is -1.20. The molecule has 0 rings (SSSR count). The van der Waals surface area contributed by atoms with E-state index in [-0.39, 0.29) is 6.54 Å². The number of likely N-dealkylation sites (N-methyl/N-ethyl adjacent to an activating group) is 1. The Labute approximate surface area is 172 Å². The molecular formula is C23H43NO4. The summed E-state index contributed by atoms with van der Waals surface area (Å²) in [5.74, 6) is -1.96. The van der Waals surface area contributed by atoms with Gasteiger partial charge in [-0.2, -0.15) is 0 Å². The first-order chi connectivity index (χ1) is 13.1. The summed E-state index contributed by atoms with van der Waals surface area (Å²) in [5, 5.41) is 21.5. The molecule has 0 aliphatic heterocycles. The van der Waals surface area contributed by atoms with Crippen LogP contribution in [-0.2, 0) is 9.59 Å². The van der Waals surface area contributed by atoms with Crippen molar-refractivity contribution in [2.24, 2.45) is 0 Å². The first kappa shape index (κ1) is 26.8. The lowest BCUT2D eigenvalue weighted by atomic mass is 9.92. The molecule has 0 bridgehead atoms. The van der Waals surface area contributed by atoms with Crippen LogP contribution in [0.4, 0.5) is 0 Å². The molecule has 1 atom stereocenters. The van der Waals surface area contributed by atoms with E-state index in [1.807, 2.05) is 21.1 Å². The molecule has 0 aliphatic rings. The van der Waals surface area contributed by atoms with Crippen molar-refractivity contribution in [1.82, 2.24) is 0 Å². The number of aliphatic carboxylic acids is 1. The van der Waals surface area contributed by atoms with Crippen molar-refractivity contribution in [1.29, 1.82) is 0 Å². The molecule has 0 radical (unpaired) electrons. The molecule has 0 heterocycles. The van der Waals surface area contributed by atoms with Gasteiger partial charge in [0.1, 0.15) is 6.54 Å². The van der Waals surface area contributed by atoms with Gasteiger partial charge in [0.05, 0.1) is 21.1 Å². The van der Waals surface area contributed by atoms with E-state index in [2.05, 4.69) is 6.92 Å². The zero-order chi connectivity index (χ0) is 21.5. The molecule has 0 amide bonds. The molecule has 0 aromatic carbocycles. The van der Waals surface area contributed by atoms with Gasteiger partial charge < -0.3 is 19.5 Å². The van der Waals surface area contributed by atoms with Crippen LogP contribution in [0.15, 0.2) is 12.2 Å². The highest BCUT2D eigenvalue weighted by molar-refractivity contribution is 5.99. The van der Waals surface area contributed by atoms with Crippen LogP contribution in [0.25, 0.3) is 0 Å². The number of rotatable bonds is 18. The number of carboxylic acids is 1. The van der Waals surface area contributed by atoms with Crippen LogP contribution >= 0.6 is 0 Å². The molecule has 0 unspecified atom stereocenters. The number of aliphatic hydroxyl groups is 1. The number of allylic oxidation sites excluding steroid dienone is 1. The third-order valence-corrected chi connectivity index (χ3v) is 4.87. The second-order valence-electron chi connectivity index (χ2n) is 9.12. The summed E-state index contributed by atoms with van der Waals surface area (Å²) in [6.07, 6.45) is 17.2. The maximum Gasteiger partial charge on any atom is 0.193 e. The zero-order valence-corrected chi connectivity index (χ0v) is 18.7. The highest BCUT2D eigenvalue weighted by Gasteiger charge is 2.39. The summed E-state index contributed by atoms with van der Waals surface area (Å²) in [6, 6.07) is 0. The number of hydrogen-bond donors (Lipinski definition) is 1. The lowest BCUT2D eigenvalue weighted by molar-refractivity contribution is -0.875. The standard InChI is InChI=1S/C23H43NO4/c1-5-6-7-8-9-10-11-12-13-14-15-16-17-18-21(25)23(28,19-22(26)27)20-24(2,3)4/h17-18,28H,5-16,19-20H2,1-4H3/b18-17+/t23-/m1/s1. The summed E-state index contributed by atoms with van der Waals surface area (Å²) >= 11 is 0. The van der Waals surface area contributed by atoms with Crippen molar-refractivity contribution >= 4 is 11.8 Å². The Morgan fingerprint density at radius 2 is 1.36 bits per heavy atom. The van der Waals surface area contributed by atoms with Gasteiger partial charge in [-0.15, -0.1) is 0 Å². The number of hydrogen-bond acceptors (Lipinski definition) is 4. The fourth-order valence-corrected chi connectivity index (χ4v) is 3.52. The van der Waals surface area contributed by atoms with E-state index in [1.54, 1.807) is 6.08 Å². The predicted octanol–water partition coefficient (Wildman–Crippen LogP) is 3.39. The lowest BCUT2D eigenvalue weighted by Gasteiger charge is -2.34. The fraction of sp³-hybridized carbons (Fsp3) is 0.826. The number of carboxylic acid groups (broad SMARTS) is 1. The summed E-state index contributed by atoms with van der Waals surface area (Å²) in [4.78, 5) is 23.3. The monoisotopic (exact) mass is 397 g/mol. The zero-order valence-electron chi connectivity index (χ0n) is 18.7. The van der Waals surface area contributed by atoms with Gasteiger partial charge in [-0.25, -0.2) is 0 Å². The maximum absolute atomic E-state index is 12.3. The summed E-state index contributed by atoms with van der Waals surface area (Å²) in [7, 11) is 5.42. The van der Waals surface area contributed by atoms with Gasteiger partial charge in [0.2, 0.25) is 0 Å². The molecule has 0 saturated heterocycles. The SMILES string of the molecule is CCCCCCCCCCCCC/C=C/C(=O)[C@@](O)(CC(=O)[O-])C[N+](C)(C)C. The summed E-state index contributed by atoms with van der Waals surface area (Å²) in [6.45, 7) is 2.27. The van der Waals surface area contributed by atoms with Gasteiger partial charge in [-0.3, -0.25) is 4.79 Å². The molecule has 164 valence electrons. The predicted molar refractivity (Wildman–Crippen MR) is 113 cm³/mol. The highest BCUT2D eigenvalue weighted by atomic mass is 16.4. The second kappa shape index (κ2) is 14.7. The van der Waals surface area contributed by atoms with Crippen LogP contribution < -0.4 is 5.11 Å². The number of quaternary nitrogens is 1. The van der Waals surface area contributed by atoms with Crippen molar-refractivity contribution in [2.75, 3.05) is 27.7 Å². The van der Waals surface area contributed by atoms with Crippen molar-refractivity contribution in [2.45, 2.75) is 96.0 Å². The molecular weight excluding hydrogens is 354 g/mol. The average Bonchev–Trinajstić information content (AvgIpc) is 2.56. The molecule has 0 spiro atoms. The largest absolute Gasteiger partial charge is 0.550 e. The summed E-state index contributed by atoms with van der Waals surface area (Å²) in [5.41, 5.74) is -1.91. The minimum Gasteiger partial charge on any atom is -0.550 e. The first-order valence-corrected chi connectivity index (χ1v) is 11.0. The Bertz CT molecular complexity index is 468. The minimum atomic E-state index is -1.91. The van der Waals surface area contributed by atoms with E-state index >= 15 is 0 Å². The number of carbonyl (C=O) groups excluding carboxylic acids is 2. The van der Waals surface area contributed by atoms with E-state index < -0.39 is 23.8 Å². The highest BCUT2D eigenvalue weighted by Crippen LogP contribution is 2.17. The van der Waals surface area contributed by atoms with Gasteiger partial charge in [0.15, 0.2) is 11.4 Å². The topological polar surface area (TPSA) is 77.4 Å². The van der Waals surface area contributed by atoms with Gasteiger partial charge in [-0.05, 0) is 18.9 Å². The lowest BCUT2D eigenvalue weighted by Crippen LogP contribution is -2.55. The van der Waals surface area contributed by atoms with Crippen LogP contribution in [0.2, 0.25) is 0 Å². The van der Waals surface area contributed by atoms with Crippen molar-refractivity contribution in [3.8, 4) is 0 Å². The minimum absolute atomic E-state index is 0.0304. The van der Waals surface area contributed by atoms with E-state index in [1.165, 1.54) is 63.9 Å². The molecule has 0 aliphatic carbocycles. The van der Waals surface area contributed by atoms with Crippen molar-refractivity contribution in [3.63, 3.8) is 0 Å². The van der Waals surface area contributed by atoms with E-state index in [0.717, 1.165) is 19.3 Å². The van der Waals surface area contributed by atoms with E-state index in [9.17, 15) is 19.8 Å². The van der Waals surface area contributed by atoms with Crippen LogP contribution in [0, 0.1) is 0 Å². The van der Waals surface area contributed by atoms with Crippen molar-refractivity contribution < 1.29 is 24.3 Å². The number of nitrogens with zero attached hydrogens (tertiary/aromatic N) is 1. The van der Waals surface area contributed by atoms with Crippen LogP contribution in [0.3, 0.4) is 0 Å². The molecule has 5 nitrogen and oxygen atoms in total. The smallest absolute Gasteiger partial charge is 0.193 e. The number of unbranched alkanes of at least 4 members (excludes halogenated alkanes) is 11. The third-order valence-electron chi connectivity index (χ3n) is 4.87. The molecule has 0 aromatic heterocycles. The molecule has 1 N–H and O–H groups in total. The fourth-order valence-electron chi connectivity index (χ4n) is 3.52. The quantitative estimate of drug-likeness (QED) is 0.218. The van der Waals surface area contributed by atoms with Crippen LogP contribution in [-0.4, -0.2) is 54.6 Å². The van der Waals surface area contributed by atoms with E-state index in [0.29, 0.717) is 4.48 Å². The Kier molecular flexibility index (Phi) is 14.1. The van der Waals surface area contributed by atoms with Gasteiger partial charge in [0, 0.05) is 12.4 Å². The molecule has 0 saturated carbocycles. The second-order valence-corrected chi connectivity index (χ2v) is 9.12. The average molecular weight is 398 g/mol. The summed E-state index contributed by atoms with van der Waals surface area (Å²) < 4.78 is 0.294. The van der Waals surface area contributed by atoms with Crippen LogP contribution in [0.1, 0.15) is 90.4 Å². The van der Waals surface area contributed by atoms with Gasteiger partial charge in [0.25, 0.3) is 0 Å². The Morgan fingerprint density at radius 3 is 1.79 bits per heavy atom. The number of ketones is 1. The third kappa shape index (κ3) is 14.8. The first-order valence-electron chi connectivity index (χ1n) is 11.0. The Balaban J connectivity index is 4.00. The molecule has 0 aromatic rings. The van der Waals surface area contributed by atoms with Gasteiger partial charge in [-0.1, -0.05) is 77.2 Å². The van der Waals surface area contributed by atoms with Crippen molar-refractivity contribution in [3.05, 3.63) is 12.2 Å². The molecule has 5 heteroatoms. The number of carbonyl (C=O) groups is 2. The molecule has 0 fully saturated rings. The van der Waals surface area contributed by atoms with E-state index in [4.69, 9.17) is 0 Å².